The first-order valence-electron chi connectivity index (χ1n) is 5.62. The number of hydrogen-bond donors (Lipinski definition) is 2. The number of hydrogen-bond acceptors (Lipinski definition) is 4. The molecular weight excluding hydrogens is 226 g/mol. The third kappa shape index (κ3) is 6.35. The first-order chi connectivity index (χ1) is 7.56. The van der Waals surface area contributed by atoms with Crippen LogP contribution in [0.25, 0.3) is 0 Å². The van der Waals surface area contributed by atoms with Crippen LogP contribution in [-0.2, 0) is 9.53 Å². The molecule has 0 saturated heterocycles. The second-order valence-electron chi connectivity index (χ2n) is 3.96. The molecule has 0 fully saturated rings. The van der Waals surface area contributed by atoms with Crippen LogP contribution in [0.15, 0.2) is 0 Å². The molecule has 5 heteroatoms. The minimum atomic E-state index is -0.812. The van der Waals surface area contributed by atoms with Gasteiger partial charge in [0, 0.05) is 19.5 Å². The number of carbonyl (C=O) groups is 1. The highest BCUT2D eigenvalue weighted by atomic mass is 32.2. The maximum absolute atomic E-state index is 11.1. The topological polar surface area (TPSA) is 58.6 Å². The Morgan fingerprint density at radius 1 is 1.56 bits per heavy atom. The summed E-state index contributed by atoms with van der Waals surface area (Å²) in [5, 5.41) is 12.2. The summed E-state index contributed by atoms with van der Waals surface area (Å²) in [6, 6.07) is 0. The predicted molar refractivity (Wildman–Crippen MR) is 68.2 cm³/mol. The third-order valence-electron chi connectivity index (χ3n) is 2.27. The normalized spacial score (nSPS) is 14.7. The van der Waals surface area contributed by atoms with Crippen molar-refractivity contribution in [2.45, 2.75) is 32.2 Å². The average Bonchev–Trinajstić information content (AvgIpc) is 2.26. The first kappa shape index (κ1) is 15.7. The van der Waals surface area contributed by atoms with Gasteiger partial charge in [0.05, 0.1) is 0 Å². The van der Waals surface area contributed by atoms with E-state index in [2.05, 4.69) is 5.32 Å². The fourth-order valence-electron chi connectivity index (χ4n) is 1.17. The second-order valence-corrected chi connectivity index (χ2v) is 5.07. The molecule has 0 aromatic carbocycles. The average molecular weight is 249 g/mol. The van der Waals surface area contributed by atoms with E-state index >= 15 is 0 Å². The lowest BCUT2D eigenvalue weighted by atomic mass is 10.1. The van der Waals surface area contributed by atoms with Gasteiger partial charge in [-0.1, -0.05) is 6.92 Å². The fraction of sp³-hybridized carbons (Fsp3) is 0.909. The van der Waals surface area contributed by atoms with Gasteiger partial charge in [-0.3, -0.25) is 4.79 Å². The Hall–Kier alpha value is -0.260. The van der Waals surface area contributed by atoms with Gasteiger partial charge in [0.1, 0.15) is 5.54 Å². The van der Waals surface area contributed by atoms with E-state index in [4.69, 9.17) is 9.84 Å². The second kappa shape index (κ2) is 8.84. The van der Waals surface area contributed by atoms with E-state index < -0.39 is 11.5 Å². The largest absolute Gasteiger partial charge is 0.480 e. The molecule has 0 aromatic rings. The van der Waals surface area contributed by atoms with Gasteiger partial charge in [-0.2, -0.15) is 11.8 Å². The van der Waals surface area contributed by atoms with Crippen LogP contribution in [0.4, 0.5) is 0 Å². The highest BCUT2D eigenvalue weighted by Gasteiger charge is 2.31. The molecule has 1 atom stereocenters. The van der Waals surface area contributed by atoms with Gasteiger partial charge in [-0.25, -0.2) is 0 Å². The lowest BCUT2D eigenvalue weighted by Gasteiger charge is -2.25. The van der Waals surface area contributed by atoms with Crippen LogP contribution in [0.1, 0.15) is 26.7 Å². The molecule has 0 rings (SSSR count). The molecule has 2 N–H and O–H groups in total. The summed E-state index contributed by atoms with van der Waals surface area (Å²) in [7, 11) is 1.68. The number of methoxy groups -OCH3 is 1. The summed E-state index contributed by atoms with van der Waals surface area (Å²) >= 11 is 1.66. The molecule has 0 saturated carbocycles. The predicted octanol–water partition coefficient (Wildman–Crippen LogP) is 1.60. The van der Waals surface area contributed by atoms with Gasteiger partial charge in [0.2, 0.25) is 0 Å². The van der Waals surface area contributed by atoms with Crippen LogP contribution in [0.3, 0.4) is 0 Å². The quantitative estimate of drug-likeness (QED) is 0.576. The minimum Gasteiger partial charge on any atom is -0.480 e. The molecule has 0 spiro atoms. The lowest BCUT2D eigenvalue weighted by molar-refractivity contribution is -0.143. The van der Waals surface area contributed by atoms with Crippen molar-refractivity contribution in [3.63, 3.8) is 0 Å². The van der Waals surface area contributed by atoms with E-state index in [0.29, 0.717) is 5.75 Å². The highest BCUT2D eigenvalue weighted by molar-refractivity contribution is 7.99. The zero-order valence-electron chi connectivity index (χ0n) is 10.4. The van der Waals surface area contributed by atoms with Crippen molar-refractivity contribution in [2.75, 3.05) is 31.8 Å². The van der Waals surface area contributed by atoms with Gasteiger partial charge >= 0.3 is 5.97 Å². The Morgan fingerprint density at radius 3 is 2.75 bits per heavy atom. The van der Waals surface area contributed by atoms with Crippen LogP contribution in [0.2, 0.25) is 0 Å². The van der Waals surface area contributed by atoms with E-state index in [1.54, 1.807) is 25.8 Å². The maximum Gasteiger partial charge on any atom is 0.324 e. The molecule has 16 heavy (non-hydrogen) atoms. The number of carboxylic acid groups (broad SMARTS) is 1. The van der Waals surface area contributed by atoms with E-state index in [-0.39, 0.29) is 0 Å². The van der Waals surface area contributed by atoms with Crippen molar-refractivity contribution >= 4 is 17.7 Å². The molecule has 0 aliphatic heterocycles. The number of ether oxygens (including phenoxy) is 1. The Bertz CT molecular complexity index is 202. The smallest absolute Gasteiger partial charge is 0.324 e. The van der Waals surface area contributed by atoms with Crippen molar-refractivity contribution in [3.05, 3.63) is 0 Å². The minimum absolute atomic E-state index is 0.589. The van der Waals surface area contributed by atoms with Crippen molar-refractivity contribution < 1.29 is 14.6 Å². The summed E-state index contributed by atoms with van der Waals surface area (Å²) in [5.41, 5.74) is -0.812. The molecule has 4 nitrogen and oxygen atoms in total. The molecule has 1 unspecified atom stereocenters. The molecule has 0 aromatic heterocycles. The third-order valence-corrected chi connectivity index (χ3v) is 3.62. The number of aliphatic carboxylic acids is 1. The van der Waals surface area contributed by atoms with Gasteiger partial charge in [0.25, 0.3) is 0 Å². The summed E-state index contributed by atoms with van der Waals surface area (Å²) in [5.74, 6) is 0.747. The van der Waals surface area contributed by atoms with Crippen LogP contribution < -0.4 is 5.32 Å². The summed E-state index contributed by atoms with van der Waals surface area (Å²) in [6.45, 7) is 5.25. The van der Waals surface area contributed by atoms with Gasteiger partial charge in [-0.05, 0) is 32.1 Å². The van der Waals surface area contributed by atoms with E-state index in [1.807, 2.05) is 6.92 Å². The van der Waals surface area contributed by atoms with E-state index in [9.17, 15) is 4.79 Å². The fourth-order valence-corrected chi connectivity index (χ4v) is 2.27. The number of nitrogens with one attached hydrogen (secondary N) is 1. The molecular formula is C11H23NO3S. The van der Waals surface area contributed by atoms with E-state index in [0.717, 1.165) is 31.7 Å². The molecule has 0 bridgehead atoms. The monoisotopic (exact) mass is 249 g/mol. The lowest BCUT2D eigenvalue weighted by Crippen LogP contribution is -2.52. The van der Waals surface area contributed by atoms with Gasteiger partial charge in [0.15, 0.2) is 0 Å². The zero-order valence-corrected chi connectivity index (χ0v) is 11.2. The number of thioether (sulfide) groups is 1. The maximum atomic E-state index is 11.1. The standard InChI is InChI=1S/C11H23NO3S/c1-4-6-12-11(2,10(13)14)9-16-8-5-7-15-3/h12H,4-9H2,1-3H3,(H,13,14). The Labute approximate surface area is 102 Å². The number of carboxylic acids is 1. The van der Waals surface area contributed by atoms with Crippen LogP contribution in [-0.4, -0.2) is 48.4 Å². The van der Waals surface area contributed by atoms with Crippen molar-refractivity contribution in [1.29, 1.82) is 0 Å². The van der Waals surface area contributed by atoms with Crippen molar-refractivity contribution in [2.24, 2.45) is 0 Å². The van der Waals surface area contributed by atoms with Crippen molar-refractivity contribution in [1.82, 2.24) is 5.32 Å². The Kier molecular flexibility index (Phi) is 8.70. The highest BCUT2D eigenvalue weighted by Crippen LogP contribution is 2.14. The SMILES string of the molecule is CCCNC(C)(CSCCCOC)C(=O)O. The van der Waals surface area contributed by atoms with Crippen LogP contribution in [0.5, 0.6) is 0 Å². The Morgan fingerprint density at radius 2 is 2.25 bits per heavy atom. The molecule has 96 valence electrons. The van der Waals surface area contributed by atoms with Crippen LogP contribution >= 0.6 is 11.8 Å². The molecule has 0 amide bonds. The van der Waals surface area contributed by atoms with E-state index in [1.165, 1.54) is 0 Å². The zero-order chi connectivity index (χ0) is 12.4. The summed E-state index contributed by atoms with van der Waals surface area (Å²) in [4.78, 5) is 11.1. The first-order valence-corrected chi connectivity index (χ1v) is 6.77. The molecule has 0 aliphatic rings. The van der Waals surface area contributed by atoms with Crippen molar-refractivity contribution in [3.8, 4) is 0 Å². The molecule has 0 aliphatic carbocycles. The summed E-state index contributed by atoms with van der Waals surface area (Å²) in [6.07, 6.45) is 1.90. The van der Waals surface area contributed by atoms with Crippen LogP contribution in [0, 0.1) is 0 Å². The Balaban J connectivity index is 3.88. The molecule has 0 radical (unpaired) electrons. The summed E-state index contributed by atoms with van der Waals surface area (Å²) < 4.78 is 4.94. The van der Waals surface area contributed by atoms with Gasteiger partial charge < -0.3 is 15.2 Å². The molecule has 0 heterocycles. The van der Waals surface area contributed by atoms with Gasteiger partial charge in [-0.15, -0.1) is 0 Å². The number of rotatable bonds is 10.